The number of carbonyl (C=O) groups is 2. The molecule has 0 fully saturated rings. The standard InChI is InChI=1S/C23H24N4O2/c1-16-10-11-18(13-20(16)26-23(29)17-7-3-2-4-8-17)22(28)24-14-19-15-27-12-6-5-9-21(27)25-19/h2-4,7-8,10-11,13,15H,5-6,9,12,14H2,1H3,(H,24,28)(H,26,29). The third-order valence-corrected chi connectivity index (χ3v) is 5.17. The molecule has 0 bridgehead atoms. The number of rotatable bonds is 5. The van der Waals surface area contributed by atoms with E-state index in [-0.39, 0.29) is 11.8 Å². The zero-order chi connectivity index (χ0) is 20.2. The van der Waals surface area contributed by atoms with Gasteiger partial charge in [0.05, 0.1) is 12.2 Å². The van der Waals surface area contributed by atoms with Crippen LogP contribution in [0.1, 0.15) is 50.6 Å². The first-order valence-corrected chi connectivity index (χ1v) is 9.90. The van der Waals surface area contributed by atoms with Gasteiger partial charge in [0.15, 0.2) is 0 Å². The maximum absolute atomic E-state index is 12.6. The molecule has 2 amide bonds. The summed E-state index contributed by atoms with van der Waals surface area (Å²) in [5.74, 6) is 0.711. The Labute approximate surface area is 170 Å². The zero-order valence-corrected chi connectivity index (χ0v) is 16.4. The molecule has 0 radical (unpaired) electrons. The van der Waals surface area contributed by atoms with Crippen LogP contribution in [0.5, 0.6) is 0 Å². The highest BCUT2D eigenvalue weighted by Gasteiger charge is 2.14. The van der Waals surface area contributed by atoms with Crippen LogP contribution < -0.4 is 10.6 Å². The molecule has 2 heterocycles. The molecule has 0 atom stereocenters. The molecule has 0 unspecified atom stereocenters. The van der Waals surface area contributed by atoms with Crippen molar-refractivity contribution in [3.63, 3.8) is 0 Å². The molecule has 1 aliphatic heterocycles. The first-order valence-electron chi connectivity index (χ1n) is 9.90. The molecular formula is C23H24N4O2. The fraction of sp³-hybridized carbons (Fsp3) is 0.261. The molecule has 1 aliphatic rings. The Morgan fingerprint density at radius 3 is 2.66 bits per heavy atom. The highest BCUT2D eigenvalue weighted by atomic mass is 16.2. The van der Waals surface area contributed by atoms with E-state index in [1.807, 2.05) is 37.4 Å². The molecule has 3 aromatic rings. The SMILES string of the molecule is Cc1ccc(C(=O)NCc2cn3c(n2)CCCC3)cc1NC(=O)c1ccccc1. The number of hydrogen-bond acceptors (Lipinski definition) is 3. The number of amides is 2. The van der Waals surface area contributed by atoms with E-state index in [2.05, 4.69) is 20.2 Å². The van der Waals surface area contributed by atoms with Gasteiger partial charge in [-0.2, -0.15) is 0 Å². The monoisotopic (exact) mass is 388 g/mol. The van der Waals surface area contributed by atoms with Gasteiger partial charge in [-0.25, -0.2) is 4.98 Å². The summed E-state index contributed by atoms with van der Waals surface area (Å²) in [6.45, 7) is 3.29. The van der Waals surface area contributed by atoms with E-state index >= 15 is 0 Å². The van der Waals surface area contributed by atoms with Crippen LogP contribution in [0.2, 0.25) is 0 Å². The predicted molar refractivity (Wildman–Crippen MR) is 112 cm³/mol. The zero-order valence-electron chi connectivity index (χ0n) is 16.4. The number of nitrogens with one attached hydrogen (secondary N) is 2. The Kier molecular flexibility index (Phi) is 5.42. The predicted octanol–water partition coefficient (Wildman–Crippen LogP) is 3.71. The van der Waals surface area contributed by atoms with E-state index in [1.54, 1.807) is 24.3 Å². The molecule has 0 saturated carbocycles. The highest BCUT2D eigenvalue weighted by molar-refractivity contribution is 6.05. The van der Waals surface area contributed by atoms with Crippen LogP contribution in [0.4, 0.5) is 5.69 Å². The van der Waals surface area contributed by atoms with Crippen molar-refractivity contribution in [2.45, 2.75) is 39.3 Å². The number of imidazole rings is 1. The van der Waals surface area contributed by atoms with Gasteiger partial charge < -0.3 is 15.2 Å². The minimum atomic E-state index is -0.199. The number of aryl methyl sites for hydroxylation is 3. The Hall–Kier alpha value is -3.41. The lowest BCUT2D eigenvalue weighted by Crippen LogP contribution is -2.23. The van der Waals surface area contributed by atoms with Crippen LogP contribution in [0.3, 0.4) is 0 Å². The molecular weight excluding hydrogens is 364 g/mol. The summed E-state index contributed by atoms with van der Waals surface area (Å²) in [5, 5.41) is 5.82. The summed E-state index contributed by atoms with van der Waals surface area (Å²) in [7, 11) is 0. The number of nitrogens with zero attached hydrogens (tertiary/aromatic N) is 2. The first-order chi connectivity index (χ1) is 14.1. The topological polar surface area (TPSA) is 76.0 Å². The lowest BCUT2D eigenvalue weighted by molar-refractivity contribution is 0.0949. The van der Waals surface area contributed by atoms with Gasteiger partial charge in [-0.15, -0.1) is 0 Å². The number of anilines is 1. The van der Waals surface area contributed by atoms with Crippen molar-refractivity contribution >= 4 is 17.5 Å². The molecule has 0 aliphatic carbocycles. The van der Waals surface area contributed by atoms with E-state index in [0.29, 0.717) is 23.4 Å². The van der Waals surface area contributed by atoms with Crippen LogP contribution in [-0.4, -0.2) is 21.4 Å². The second-order valence-electron chi connectivity index (χ2n) is 7.33. The number of carbonyl (C=O) groups excluding carboxylic acids is 2. The van der Waals surface area contributed by atoms with Crippen molar-refractivity contribution in [2.24, 2.45) is 0 Å². The lowest BCUT2D eigenvalue weighted by Gasteiger charge is -2.11. The molecule has 0 saturated heterocycles. The molecule has 2 N–H and O–H groups in total. The fourth-order valence-corrected chi connectivity index (χ4v) is 3.51. The number of fused-ring (bicyclic) bond motifs is 1. The van der Waals surface area contributed by atoms with Gasteiger partial charge in [0.25, 0.3) is 11.8 Å². The molecule has 4 rings (SSSR count). The quantitative estimate of drug-likeness (QED) is 0.700. The minimum absolute atomic E-state index is 0.189. The van der Waals surface area contributed by atoms with Crippen molar-refractivity contribution in [1.29, 1.82) is 0 Å². The van der Waals surface area contributed by atoms with Gasteiger partial charge in [-0.3, -0.25) is 9.59 Å². The summed E-state index contributed by atoms with van der Waals surface area (Å²) < 4.78 is 2.17. The van der Waals surface area contributed by atoms with Crippen molar-refractivity contribution in [3.05, 3.63) is 82.9 Å². The third kappa shape index (κ3) is 4.37. The van der Waals surface area contributed by atoms with Gasteiger partial charge in [-0.05, 0) is 49.6 Å². The Balaban J connectivity index is 1.43. The van der Waals surface area contributed by atoms with Gasteiger partial charge in [0.2, 0.25) is 0 Å². The van der Waals surface area contributed by atoms with Crippen LogP contribution in [-0.2, 0) is 19.5 Å². The van der Waals surface area contributed by atoms with E-state index in [1.165, 1.54) is 12.8 Å². The van der Waals surface area contributed by atoms with Crippen molar-refractivity contribution in [1.82, 2.24) is 14.9 Å². The summed E-state index contributed by atoms with van der Waals surface area (Å²) in [6, 6.07) is 14.3. The maximum atomic E-state index is 12.6. The number of aromatic nitrogens is 2. The average molecular weight is 388 g/mol. The Morgan fingerprint density at radius 2 is 1.86 bits per heavy atom. The lowest BCUT2D eigenvalue weighted by atomic mass is 10.1. The highest BCUT2D eigenvalue weighted by Crippen LogP contribution is 2.19. The second-order valence-corrected chi connectivity index (χ2v) is 7.33. The Bertz CT molecular complexity index is 1020. The van der Waals surface area contributed by atoms with E-state index in [4.69, 9.17) is 0 Å². The van der Waals surface area contributed by atoms with Crippen molar-refractivity contribution < 1.29 is 9.59 Å². The summed E-state index contributed by atoms with van der Waals surface area (Å²) in [5.41, 5.74) is 3.48. The van der Waals surface area contributed by atoms with Gasteiger partial charge in [0, 0.05) is 36.0 Å². The van der Waals surface area contributed by atoms with Crippen LogP contribution in [0, 0.1) is 6.92 Å². The first kappa shape index (κ1) is 18.9. The molecule has 0 spiro atoms. The van der Waals surface area contributed by atoms with Crippen LogP contribution in [0.25, 0.3) is 0 Å². The molecule has 148 valence electrons. The van der Waals surface area contributed by atoms with Crippen LogP contribution in [0.15, 0.2) is 54.7 Å². The summed E-state index contributed by atoms with van der Waals surface area (Å²) in [4.78, 5) is 29.7. The average Bonchev–Trinajstić information content (AvgIpc) is 3.17. The normalized spacial score (nSPS) is 12.9. The molecule has 6 nitrogen and oxygen atoms in total. The van der Waals surface area contributed by atoms with Crippen molar-refractivity contribution in [2.75, 3.05) is 5.32 Å². The van der Waals surface area contributed by atoms with Gasteiger partial charge in [0.1, 0.15) is 5.82 Å². The summed E-state index contributed by atoms with van der Waals surface area (Å²) >= 11 is 0. The third-order valence-electron chi connectivity index (χ3n) is 5.17. The molecule has 6 heteroatoms. The molecule has 2 aromatic carbocycles. The summed E-state index contributed by atoms with van der Waals surface area (Å²) in [6.07, 6.45) is 5.37. The number of hydrogen-bond donors (Lipinski definition) is 2. The van der Waals surface area contributed by atoms with E-state index in [0.717, 1.165) is 30.0 Å². The van der Waals surface area contributed by atoms with Gasteiger partial charge in [-0.1, -0.05) is 24.3 Å². The minimum Gasteiger partial charge on any atom is -0.346 e. The van der Waals surface area contributed by atoms with E-state index in [9.17, 15) is 9.59 Å². The Morgan fingerprint density at radius 1 is 1.03 bits per heavy atom. The van der Waals surface area contributed by atoms with Gasteiger partial charge >= 0.3 is 0 Å². The molecule has 29 heavy (non-hydrogen) atoms. The molecule has 1 aromatic heterocycles. The largest absolute Gasteiger partial charge is 0.346 e. The number of benzene rings is 2. The van der Waals surface area contributed by atoms with E-state index < -0.39 is 0 Å². The second kappa shape index (κ2) is 8.31. The fourth-order valence-electron chi connectivity index (χ4n) is 3.51. The van der Waals surface area contributed by atoms with Crippen LogP contribution >= 0.6 is 0 Å². The van der Waals surface area contributed by atoms with Crippen molar-refractivity contribution in [3.8, 4) is 0 Å². The maximum Gasteiger partial charge on any atom is 0.255 e. The smallest absolute Gasteiger partial charge is 0.255 e.